The minimum atomic E-state index is 0.116. The van der Waals surface area contributed by atoms with Gasteiger partial charge in [0, 0.05) is 12.6 Å². The molecule has 102 valence electrons. The summed E-state index contributed by atoms with van der Waals surface area (Å²) in [7, 11) is 0. The molecule has 1 heterocycles. The van der Waals surface area contributed by atoms with Crippen LogP contribution in [0.15, 0.2) is 12.4 Å². The zero-order valence-electron chi connectivity index (χ0n) is 11.3. The van der Waals surface area contributed by atoms with E-state index in [1.165, 1.54) is 6.33 Å². The first kappa shape index (κ1) is 15.0. The lowest BCUT2D eigenvalue weighted by atomic mass is 9.99. The maximum atomic E-state index is 6.36. The van der Waals surface area contributed by atoms with Gasteiger partial charge in [-0.3, -0.25) is 0 Å². The fraction of sp³-hybridized carbons (Fsp3) is 0.692. The van der Waals surface area contributed by atoms with Crippen LogP contribution in [0.25, 0.3) is 0 Å². The van der Waals surface area contributed by atoms with Crippen LogP contribution in [-0.2, 0) is 0 Å². The lowest BCUT2D eigenvalue weighted by Crippen LogP contribution is -2.23. The lowest BCUT2D eigenvalue weighted by Gasteiger charge is -2.19. The van der Waals surface area contributed by atoms with Gasteiger partial charge in [-0.05, 0) is 12.8 Å². The number of ether oxygens (including phenoxy) is 1. The van der Waals surface area contributed by atoms with Crippen LogP contribution < -0.4 is 10.1 Å². The Hall–Kier alpha value is -1.03. The summed E-state index contributed by atoms with van der Waals surface area (Å²) >= 11 is 6.36. The highest BCUT2D eigenvalue weighted by atomic mass is 35.5. The van der Waals surface area contributed by atoms with Crippen molar-refractivity contribution in [3.63, 3.8) is 0 Å². The summed E-state index contributed by atoms with van der Waals surface area (Å²) in [5, 5.41) is 3.35. The average Bonchev–Trinajstić information content (AvgIpc) is 2.39. The number of anilines is 1. The average molecular weight is 272 g/mol. The van der Waals surface area contributed by atoms with Gasteiger partial charge in [-0.25, -0.2) is 9.97 Å². The Morgan fingerprint density at radius 1 is 1.28 bits per heavy atom. The molecule has 0 aliphatic carbocycles. The largest absolute Gasteiger partial charge is 0.478 e. The fourth-order valence-corrected chi connectivity index (χ4v) is 2.27. The second-order valence-electron chi connectivity index (χ2n) is 4.15. The number of nitrogens with zero attached hydrogens (tertiary/aromatic N) is 2. The molecular weight excluding hydrogens is 250 g/mol. The Balaban J connectivity index is 2.49. The first-order valence-electron chi connectivity index (χ1n) is 6.53. The highest BCUT2D eigenvalue weighted by Crippen LogP contribution is 2.19. The molecule has 0 aliphatic heterocycles. The Bertz CT molecular complexity index is 345. The van der Waals surface area contributed by atoms with Crippen molar-refractivity contribution in [2.24, 2.45) is 5.92 Å². The molecule has 1 unspecified atom stereocenters. The molecule has 0 saturated heterocycles. The van der Waals surface area contributed by atoms with Gasteiger partial charge in [0.25, 0.3) is 0 Å². The fourth-order valence-electron chi connectivity index (χ4n) is 1.83. The van der Waals surface area contributed by atoms with Crippen molar-refractivity contribution in [3.05, 3.63) is 12.4 Å². The van der Waals surface area contributed by atoms with E-state index in [-0.39, 0.29) is 5.38 Å². The number of alkyl halides is 1. The molecule has 0 amide bonds. The van der Waals surface area contributed by atoms with Crippen LogP contribution >= 0.6 is 11.6 Å². The molecular formula is C13H22ClN3O. The second-order valence-corrected chi connectivity index (χ2v) is 4.71. The Morgan fingerprint density at radius 2 is 2.00 bits per heavy atom. The zero-order valence-corrected chi connectivity index (χ0v) is 12.1. The number of rotatable bonds is 8. The highest BCUT2D eigenvalue weighted by Gasteiger charge is 2.15. The van der Waals surface area contributed by atoms with Crippen molar-refractivity contribution in [2.75, 3.05) is 18.5 Å². The summed E-state index contributed by atoms with van der Waals surface area (Å²) in [6.45, 7) is 7.57. The van der Waals surface area contributed by atoms with Gasteiger partial charge in [-0.15, -0.1) is 11.6 Å². The van der Waals surface area contributed by atoms with E-state index in [4.69, 9.17) is 16.3 Å². The van der Waals surface area contributed by atoms with Crippen LogP contribution in [0, 0.1) is 5.92 Å². The van der Waals surface area contributed by atoms with E-state index >= 15 is 0 Å². The van der Waals surface area contributed by atoms with Crippen LogP contribution in [0.2, 0.25) is 0 Å². The SMILES string of the molecule is CCOc1cc(NCC(Cl)C(CC)CC)ncn1. The molecule has 0 bridgehead atoms. The molecule has 18 heavy (non-hydrogen) atoms. The Kier molecular flexibility index (Phi) is 6.80. The molecule has 0 radical (unpaired) electrons. The van der Waals surface area contributed by atoms with Crippen molar-refractivity contribution in [1.29, 1.82) is 0 Å². The first-order valence-corrected chi connectivity index (χ1v) is 6.97. The van der Waals surface area contributed by atoms with Crippen LogP contribution in [0.1, 0.15) is 33.6 Å². The van der Waals surface area contributed by atoms with Crippen molar-refractivity contribution in [1.82, 2.24) is 9.97 Å². The summed E-state index contributed by atoms with van der Waals surface area (Å²) in [5.41, 5.74) is 0. The molecule has 1 atom stereocenters. The van der Waals surface area contributed by atoms with Crippen molar-refractivity contribution in [3.8, 4) is 5.88 Å². The van der Waals surface area contributed by atoms with Gasteiger partial charge in [0.1, 0.15) is 12.1 Å². The summed E-state index contributed by atoms with van der Waals surface area (Å²) in [6, 6.07) is 1.79. The minimum Gasteiger partial charge on any atom is -0.478 e. The molecule has 0 spiro atoms. The molecule has 4 nitrogen and oxygen atoms in total. The smallest absolute Gasteiger partial charge is 0.218 e. The van der Waals surface area contributed by atoms with E-state index in [1.807, 2.05) is 6.92 Å². The maximum Gasteiger partial charge on any atom is 0.218 e. The summed E-state index contributed by atoms with van der Waals surface area (Å²) < 4.78 is 5.32. The van der Waals surface area contributed by atoms with E-state index in [9.17, 15) is 0 Å². The quantitative estimate of drug-likeness (QED) is 0.737. The minimum absolute atomic E-state index is 0.116. The summed E-state index contributed by atoms with van der Waals surface area (Å²) in [5.74, 6) is 1.88. The molecule has 1 aromatic rings. The maximum absolute atomic E-state index is 6.36. The predicted octanol–water partition coefficient (Wildman–Crippen LogP) is 3.33. The van der Waals surface area contributed by atoms with Crippen molar-refractivity contribution >= 4 is 17.4 Å². The summed E-state index contributed by atoms with van der Waals surface area (Å²) in [6.07, 6.45) is 3.69. The number of nitrogens with one attached hydrogen (secondary N) is 1. The first-order chi connectivity index (χ1) is 8.71. The monoisotopic (exact) mass is 271 g/mol. The third kappa shape index (κ3) is 4.69. The van der Waals surface area contributed by atoms with Gasteiger partial charge in [0.15, 0.2) is 0 Å². The number of aromatic nitrogens is 2. The topological polar surface area (TPSA) is 47.0 Å². The Morgan fingerprint density at radius 3 is 2.61 bits per heavy atom. The van der Waals surface area contributed by atoms with Crippen LogP contribution in [0.5, 0.6) is 5.88 Å². The van der Waals surface area contributed by atoms with E-state index in [0.717, 1.165) is 18.7 Å². The van der Waals surface area contributed by atoms with Crippen LogP contribution in [0.3, 0.4) is 0 Å². The van der Waals surface area contributed by atoms with E-state index in [2.05, 4.69) is 29.1 Å². The molecule has 1 N–H and O–H groups in total. The highest BCUT2D eigenvalue weighted by molar-refractivity contribution is 6.21. The second kappa shape index (κ2) is 8.14. The predicted molar refractivity (Wildman–Crippen MR) is 75.4 cm³/mol. The zero-order chi connectivity index (χ0) is 13.4. The number of halogens is 1. The molecule has 5 heteroatoms. The van der Waals surface area contributed by atoms with Gasteiger partial charge in [-0.2, -0.15) is 0 Å². The van der Waals surface area contributed by atoms with Gasteiger partial charge >= 0.3 is 0 Å². The molecule has 0 aliphatic rings. The molecule has 1 rings (SSSR count). The molecule has 0 saturated carbocycles. The van der Waals surface area contributed by atoms with Crippen LogP contribution in [0.4, 0.5) is 5.82 Å². The lowest BCUT2D eigenvalue weighted by molar-refractivity contribution is 0.326. The van der Waals surface area contributed by atoms with E-state index in [1.54, 1.807) is 6.07 Å². The standard InChI is InChI=1S/C13H22ClN3O/c1-4-10(5-2)11(14)8-15-12-7-13(18-6-3)17-9-16-12/h7,9-11H,4-6,8H2,1-3H3,(H,15,16,17). The summed E-state index contributed by atoms with van der Waals surface area (Å²) in [4.78, 5) is 8.16. The van der Waals surface area contributed by atoms with Gasteiger partial charge in [0.2, 0.25) is 5.88 Å². The van der Waals surface area contributed by atoms with E-state index in [0.29, 0.717) is 24.9 Å². The van der Waals surface area contributed by atoms with Gasteiger partial charge in [0.05, 0.1) is 12.0 Å². The Labute approximate surface area is 114 Å². The molecule has 1 aromatic heterocycles. The van der Waals surface area contributed by atoms with E-state index < -0.39 is 0 Å². The normalized spacial score (nSPS) is 12.5. The van der Waals surface area contributed by atoms with Crippen molar-refractivity contribution < 1.29 is 4.74 Å². The van der Waals surface area contributed by atoms with Crippen molar-refractivity contribution in [2.45, 2.75) is 39.0 Å². The number of hydrogen-bond donors (Lipinski definition) is 1. The molecule has 0 fully saturated rings. The number of hydrogen-bond acceptors (Lipinski definition) is 4. The molecule has 0 aromatic carbocycles. The third-order valence-corrected chi connectivity index (χ3v) is 3.48. The third-order valence-electron chi connectivity index (χ3n) is 2.97. The van der Waals surface area contributed by atoms with Gasteiger partial charge < -0.3 is 10.1 Å². The van der Waals surface area contributed by atoms with Crippen LogP contribution in [-0.4, -0.2) is 28.5 Å². The van der Waals surface area contributed by atoms with Gasteiger partial charge in [-0.1, -0.05) is 26.7 Å².